The highest BCUT2D eigenvalue weighted by Gasteiger charge is 2.21. The number of nitrogens with zero attached hydrogens (tertiary/aromatic N) is 1. The van der Waals surface area contributed by atoms with Crippen LogP contribution in [-0.4, -0.2) is 50.8 Å². The fraction of sp³-hybridized carbons (Fsp3) is 0.667. The SMILES string of the molecule is COCCNCC1CCCCN1CCCc1ccccc1. The van der Waals surface area contributed by atoms with Gasteiger partial charge in [-0.15, -0.1) is 0 Å². The van der Waals surface area contributed by atoms with Crippen LogP contribution in [0.3, 0.4) is 0 Å². The average Bonchev–Trinajstić information content (AvgIpc) is 2.54. The van der Waals surface area contributed by atoms with Crippen molar-refractivity contribution < 1.29 is 4.74 Å². The first-order chi connectivity index (χ1) is 10.4. The zero-order chi connectivity index (χ0) is 14.8. The lowest BCUT2D eigenvalue weighted by Crippen LogP contribution is -2.46. The second kappa shape index (κ2) is 9.93. The Kier molecular flexibility index (Phi) is 7.79. The lowest BCUT2D eigenvalue weighted by Gasteiger charge is -2.36. The molecule has 1 aliphatic heterocycles. The van der Waals surface area contributed by atoms with Gasteiger partial charge in [-0.2, -0.15) is 0 Å². The molecule has 118 valence electrons. The summed E-state index contributed by atoms with van der Waals surface area (Å²) in [4.78, 5) is 2.69. The number of hydrogen-bond acceptors (Lipinski definition) is 3. The molecule has 1 N–H and O–H groups in total. The molecule has 0 radical (unpaired) electrons. The summed E-state index contributed by atoms with van der Waals surface area (Å²) in [6, 6.07) is 11.6. The summed E-state index contributed by atoms with van der Waals surface area (Å²) < 4.78 is 5.10. The molecule has 1 aromatic carbocycles. The minimum atomic E-state index is 0.714. The fourth-order valence-corrected chi connectivity index (χ4v) is 3.16. The molecular weight excluding hydrogens is 260 g/mol. The monoisotopic (exact) mass is 290 g/mol. The minimum Gasteiger partial charge on any atom is -0.383 e. The molecular formula is C18H30N2O. The summed E-state index contributed by atoms with van der Waals surface area (Å²) in [6.45, 7) is 5.37. The van der Waals surface area contributed by atoms with E-state index in [1.165, 1.54) is 50.8 Å². The second-order valence-electron chi connectivity index (χ2n) is 5.97. The standard InChI is InChI=1S/C18H30N2O/c1-21-15-12-19-16-18-11-5-6-13-20(18)14-7-10-17-8-3-2-4-9-17/h2-4,8-9,18-19H,5-7,10-16H2,1H3. The van der Waals surface area contributed by atoms with E-state index in [4.69, 9.17) is 4.74 Å². The van der Waals surface area contributed by atoms with E-state index in [2.05, 4.69) is 40.5 Å². The van der Waals surface area contributed by atoms with Gasteiger partial charge in [-0.3, -0.25) is 4.90 Å². The van der Waals surface area contributed by atoms with Gasteiger partial charge in [0.1, 0.15) is 0 Å². The van der Waals surface area contributed by atoms with Crippen LogP contribution in [0.25, 0.3) is 0 Å². The van der Waals surface area contributed by atoms with Gasteiger partial charge in [0.05, 0.1) is 6.61 Å². The number of nitrogens with one attached hydrogen (secondary N) is 1. The van der Waals surface area contributed by atoms with Crippen molar-refractivity contribution in [2.75, 3.05) is 39.9 Å². The summed E-state index contributed by atoms with van der Waals surface area (Å²) in [5.41, 5.74) is 1.46. The van der Waals surface area contributed by atoms with E-state index in [9.17, 15) is 0 Å². The van der Waals surface area contributed by atoms with Gasteiger partial charge >= 0.3 is 0 Å². The lowest BCUT2D eigenvalue weighted by molar-refractivity contribution is 0.139. The van der Waals surface area contributed by atoms with Gasteiger partial charge in [0.2, 0.25) is 0 Å². The molecule has 1 aliphatic rings. The molecule has 21 heavy (non-hydrogen) atoms. The third kappa shape index (κ3) is 6.16. The summed E-state index contributed by atoms with van der Waals surface area (Å²) in [7, 11) is 1.76. The second-order valence-corrected chi connectivity index (χ2v) is 5.97. The maximum Gasteiger partial charge on any atom is 0.0587 e. The zero-order valence-electron chi connectivity index (χ0n) is 13.4. The topological polar surface area (TPSA) is 24.5 Å². The van der Waals surface area contributed by atoms with E-state index in [-0.39, 0.29) is 0 Å². The number of ether oxygens (including phenoxy) is 1. The van der Waals surface area contributed by atoms with Crippen molar-refractivity contribution >= 4 is 0 Å². The van der Waals surface area contributed by atoms with Crippen LogP contribution in [0.2, 0.25) is 0 Å². The van der Waals surface area contributed by atoms with Crippen LogP contribution in [0.5, 0.6) is 0 Å². The molecule has 0 saturated carbocycles. The Labute approximate surface area is 129 Å². The van der Waals surface area contributed by atoms with Gasteiger partial charge < -0.3 is 10.1 Å². The number of hydrogen-bond donors (Lipinski definition) is 1. The Morgan fingerprint density at radius 3 is 2.90 bits per heavy atom. The van der Waals surface area contributed by atoms with Crippen LogP contribution in [-0.2, 0) is 11.2 Å². The molecule has 0 aromatic heterocycles. The van der Waals surface area contributed by atoms with Crippen LogP contribution in [0, 0.1) is 0 Å². The van der Waals surface area contributed by atoms with Crippen LogP contribution in [0.15, 0.2) is 30.3 Å². The molecule has 0 amide bonds. The maximum atomic E-state index is 5.10. The van der Waals surface area contributed by atoms with Crippen molar-refractivity contribution in [2.24, 2.45) is 0 Å². The summed E-state index contributed by atoms with van der Waals surface area (Å²) in [6.07, 6.45) is 6.54. The van der Waals surface area contributed by atoms with Gasteiger partial charge in [-0.1, -0.05) is 36.8 Å². The van der Waals surface area contributed by atoms with E-state index < -0.39 is 0 Å². The number of aryl methyl sites for hydroxylation is 1. The van der Waals surface area contributed by atoms with Gasteiger partial charge in [-0.05, 0) is 44.3 Å². The largest absolute Gasteiger partial charge is 0.383 e. The Balaban J connectivity index is 1.68. The predicted octanol–water partition coefficient (Wildman–Crippen LogP) is 2.71. The molecule has 0 spiro atoms. The Bertz CT molecular complexity index is 369. The molecule has 3 nitrogen and oxygen atoms in total. The molecule has 1 saturated heterocycles. The lowest BCUT2D eigenvalue weighted by atomic mass is 10.0. The molecule has 0 aliphatic carbocycles. The van der Waals surface area contributed by atoms with Crippen LogP contribution >= 0.6 is 0 Å². The van der Waals surface area contributed by atoms with Gasteiger partial charge in [0.25, 0.3) is 0 Å². The summed E-state index contributed by atoms with van der Waals surface area (Å²) in [5, 5.41) is 3.53. The van der Waals surface area contributed by atoms with Crippen molar-refractivity contribution in [2.45, 2.75) is 38.1 Å². The van der Waals surface area contributed by atoms with Crippen molar-refractivity contribution in [3.8, 4) is 0 Å². The van der Waals surface area contributed by atoms with Crippen molar-refractivity contribution in [1.29, 1.82) is 0 Å². The highest BCUT2D eigenvalue weighted by atomic mass is 16.5. The number of likely N-dealkylation sites (tertiary alicyclic amines) is 1. The van der Waals surface area contributed by atoms with Crippen molar-refractivity contribution in [3.05, 3.63) is 35.9 Å². The fourth-order valence-electron chi connectivity index (χ4n) is 3.16. The quantitative estimate of drug-likeness (QED) is 0.708. The van der Waals surface area contributed by atoms with Crippen LogP contribution < -0.4 is 5.32 Å². The summed E-state index contributed by atoms with van der Waals surface area (Å²) in [5.74, 6) is 0. The average molecular weight is 290 g/mol. The maximum absolute atomic E-state index is 5.10. The zero-order valence-corrected chi connectivity index (χ0v) is 13.4. The first-order valence-corrected chi connectivity index (χ1v) is 8.38. The van der Waals surface area contributed by atoms with E-state index in [1.54, 1.807) is 7.11 Å². The summed E-state index contributed by atoms with van der Waals surface area (Å²) >= 11 is 0. The van der Waals surface area contributed by atoms with E-state index in [0.717, 1.165) is 19.7 Å². The molecule has 1 atom stereocenters. The van der Waals surface area contributed by atoms with Crippen molar-refractivity contribution in [1.82, 2.24) is 10.2 Å². The highest BCUT2D eigenvalue weighted by molar-refractivity contribution is 5.14. The number of piperidine rings is 1. The van der Waals surface area contributed by atoms with Crippen molar-refractivity contribution in [3.63, 3.8) is 0 Å². The molecule has 1 heterocycles. The molecule has 1 fully saturated rings. The first-order valence-electron chi connectivity index (χ1n) is 8.38. The Morgan fingerprint density at radius 1 is 1.24 bits per heavy atom. The van der Waals surface area contributed by atoms with E-state index in [0.29, 0.717) is 6.04 Å². The smallest absolute Gasteiger partial charge is 0.0587 e. The normalized spacial score (nSPS) is 19.8. The van der Waals surface area contributed by atoms with Crippen LogP contribution in [0.1, 0.15) is 31.2 Å². The van der Waals surface area contributed by atoms with E-state index >= 15 is 0 Å². The van der Waals surface area contributed by atoms with Crippen LogP contribution in [0.4, 0.5) is 0 Å². The van der Waals surface area contributed by atoms with Gasteiger partial charge in [-0.25, -0.2) is 0 Å². The molecule has 1 unspecified atom stereocenters. The molecule has 0 bridgehead atoms. The third-order valence-electron chi connectivity index (χ3n) is 4.37. The predicted molar refractivity (Wildman–Crippen MR) is 88.7 cm³/mol. The minimum absolute atomic E-state index is 0.714. The van der Waals surface area contributed by atoms with Gasteiger partial charge in [0.15, 0.2) is 0 Å². The van der Waals surface area contributed by atoms with E-state index in [1.807, 2.05) is 0 Å². The Hall–Kier alpha value is -0.900. The number of rotatable bonds is 9. The highest BCUT2D eigenvalue weighted by Crippen LogP contribution is 2.17. The van der Waals surface area contributed by atoms with Gasteiger partial charge in [0, 0.05) is 26.2 Å². The molecule has 3 heteroatoms. The number of methoxy groups -OCH3 is 1. The molecule has 1 aromatic rings. The first kappa shape index (κ1) is 16.5. The Morgan fingerprint density at radius 2 is 2.10 bits per heavy atom. The third-order valence-corrected chi connectivity index (χ3v) is 4.37. The molecule has 2 rings (SSSR count). The number of benzene rings is 1.